The van der Waals surface area contributed by atoms with Crippen LogP contribution in [0.2, 0.25) is 0 Å². The molecule has 3 aromatic rings. The van der Waals surface area contributed by atoms with E-state index in [0.717, 1.165) is 10.9 Å². The van der Waals surface area contributed by atoms with Crippen LogP contribution in [0.25, 0.3) is 10.8 Å². The van der Waals surface area contributed by atoms with Gasteiger partial charge in [0.05, 0.1) is 0 Å². The SMILES string of the molecule is Cc1ccc2ccccc2c1CSc1ncn[nH]1. The largest absolute Gasteiger partial charge is 0.254 e. The molecule has 0 saturated carbocycles. The summed E-state index contributed by atoms with van der Waals surface area (Å²) in [4.78, 5) is 4.14. The molecule has 0 spiro atoms. The number of aryl methyl sites for hydroxylation is 1. The second kappa shape index (κ2) is 4.82. The summed E-state index contributed by atoms with van der Waals surface area (Å²) in [5, 5.41) is 10.2. The predicted molar refractivity (Wildman–Crippen MR) is 74.6 cm³/mol. The number of H-pyrrole nitrogens is 1. The standard InChI is InChI=1S/C14H13N3S/c1-10-6-7-11-4-2-3-5-12(11)13(10)8-18-14-15-9-16-17-14/h2-7,9H,8H2,1H3,(H,15,16,17). The maximum Gasteiger partial charge on any atom is 0.183 e. The molecule has 0 fully saturated rings. The van der Waals surface area contributed by atoms with E-state index in [1.165, 1.54) is 28.2 Å². The summed E-state index contributed by atoms with van der Waals surface area (Å²) in [7, 11) is 0. The third kappa shape index (κ3) is 2.11. The number of rotatable bonds is 3. The molecule has 2 aromatic carbocycles. The zero-order valence-corrected chi connectivity index (χ0v) is 10.9. The van der Waals surface area contributed by atoms with Gasteiger partial charge in [-0.2, -0.15) is 5.10 Å². The van der Waals surface area contributed by atoms with Crippen LogP contribution in [0.5, 0.6) is 0 Å². The zero-order chi connectivity index (χ0) is 12.4. The highest BCUT2D eigenvalue weighted by atomic mass is 32.2. The molecule has 4 heteroatoms. The number of hydrogen-bond acceptors (Lipinski definition) is 3. The first-order valence-corrected chi connectivity index (χ1v) is 6.78. The van der Waals surface area contributed by atoms with Gasteiger partial charge in [-0.1, -0.05) is 48.2 Å². The van der Waals surface area contributed by atoms with Gasteiger partial charge in [0, 0.05) is 5.75 Å². The first kappa shape index (κ1) is 11.3. The Morgan fingerprint density at radius 2 is 2.06 bits per heavy atom. The predicted octanol–water partition coefficient (Wildman–Crippen LogP) is 3.56. The van der Waals surface area contributed by atoms with Crippen LogP contribution < -0.4 is 0 Å². The molecule has 0 amide bonds. The van der Waals surface area contributed by atoms with Gasteiger partial charge >= 0.3 is 0 Å². The third-order valence-electron chi connectivity index (χ3n) is 3.02. The third-order valence-corrected chi connectivity index (χ3v) is 3.92. The minimum absolute atomic E-state index is 0.863. The minimum Gasteiger partial charge on any atom is -0.254 e. The average molecular weight is 255 g/mol. The first-order valence-electron chi connectivity index (χ1n) is 5.80. The molecule has 3 nitrogen and oxygen atoms in total. The molecule has 1 heterocycles. The van der Waals surface area contributed by atoms with E-state index in [1.54, 1.807) is 11.8 Å². The van der Waals surface area contributed by atoms with Crippen molar-refractivity contribution in [1.82, 2.24) is 15.2 Å². The second-order valence-electron chi connectivity index (χ2n) is 4.16. The molecule has 0 aliphatic carbocycles. The number of fused-ring (bicyclic) bond motifs is 1. The molecule has 0 bridgehead atoms. The summed E-state index contributed by atoms with van der Waals surface area (Å²) >= 11 is 1.68. The summed E-state index contributed by atoms with van der Waals surface area (Å²) in [6, 6.07) is 12.8. The second-order valence-corrected chi connectivity index (χ2v) is 5.13. The van der Waals surface area contributed by atoms with Crippen molar-refractivity contribution >= 4 is 22.5 Å². The molecule has 1 aromatic heterocycles. The molecule has 0 saturated heterocycles. The van der Waals surface area contributed by atoms with Crippen molar-refractivity contribution in [3.05, 3.63) is 53.9 Å². The molecule has 18 heavy (non-hydrogen) atoms. The van der Waals surface area contributed by atoms with Crippen LogP contribution in [0, 0.1) is 6.92 Å². The van der Waals surface area contributed by atoms with Gasteiger partial charge in [0.25, 0.3) is 0 Å². The molecule has 0 radical (unpaired) electrons. The van der Waals surface area contributed by atoms with Crippen molar-refractivity contribution in [1.29, 1.82) is 0 Å². The van der Waals surface area contributed by atoms with Crippen LogP contribution >= 0.6 is 11.8 Å². The fourth-order valence-electron chi connectivity index (χ4n) is 2.04. The lowest BCUT2D eigenvalue weighted by atomic mass is 10.0. The molecule has 0 aliphatic rings. The zero-order valence-electron chi connectivity index (χ0n) is 10.1. The fourth-order valence-corrected chi connectivity index (χ4v) is 2.94. The molecule has 1 N–H and O–H groups in total. The maximum atomic E-state index is 4.14. The van der Waals surface area contributed by atoms with Gasteiger partial charge in [0.15, 0.2) is 5.16 Å². The Morgan fingerprint density at radius 1 is 1.17 bits per heavy atom. The highest BCUT2D eigenvalue weighted by Crippen LogP contribution is 2.27. The number of nitrogens with one attached hydrogen (secondary N) is 1. The normalized spacial score (nSPS) is 10.9. The van der Waals surface area contributed by atoms with Gasteiger partial charge in [-0.15, -0.1) is 0 Å². The summed E-state index contributed by atoms with van der Waals surface area (Å²) in [5.74, 6) is 0.905. The van der Waals surface area contributed by atoms with E-state index in [2.05, 4.69) is 58.5 Å². The number of thioether (sulfide) groups is 1. The number of aromatic nitrogens is 3. The van der Waals surface area contributed by atoms with Crippen molar-refractivity contribution in [2.45, 2.75) is 17.8 Å². The fraction of sp³-hybridized carbons (Fsp3) is 0.143. The molecule has 0 aliphatic heterocycles. The van der Waals surface area contributed by atoms with Crippen molar-refractivity contribution in [2.24, 2.45) is 0 Å². The van der Waals surface area contributed by atoms with Gasteiger partial charge in [0.2, 0.25) is 0 Å². The van der Waals surface area contributed by atoms with E-state index in [1.807, 2.05) is 0 Å². The Balaban J connectivity index is 1.97. The highest BCUT2D eigenvalue weighted by molar-refractivity contribution is 7.98. The Labute approximate surface area is 110 Å². The maximum absolute atomic E-state index is 4.14. The summed E-state index contributed by atoms with van der Waals surface area (Å²) in [5.41, 5.74) is 2.69. The monoisotopic (exact) mass is 255 g/mol. The van der Waals surface area contributed by atoms with Crippen LogP contribution in [0.1, 0.15) is 11.1 Å². The summed E-state index contributed by atoms with van der Waals surface area (Å²) in [6.45, 7) is 2.16. The van der Waals surface area contributed by atoms with Gasteiger partial charge < -0.3 is 0 Å². The Kier molecular flexibility index (Phi) is 3.02. The summed E-state index contributed by atoms with van der Waals surface area (Å²) in [6.07, 6.45) is 1.54. The quantitative estimate of drug-likeness (QED) is 0.728. The van der Waals surface area contributed by atoms with Crippen molar-refractivity contribution in [2.75, 3.05) is 0 Å². The van der Waals surface area contributed by atoms with E-state index < -0.39 is 0 Å². The Morgan fingerprint density at radius 3 is 2.89 bits per heavy atom. The van der Waals surface area contributed by atoms with E-state index in [9.17, 15) is 0 Å². The Bertz CT molecular complexity index is 662. The van der Waals surface area contributed by atoms with Gasteiger partial charge in [-0.05, 0) is 28.8 Å². The topological polar surface area (TPSA) is 41.6 Å². The molecule has 0 atom stereocenters. The Hall–Kier alpha value is -1.81. The lowest BCUT2D eigenvalue weighted by Crippen LogP contribution is -1.89. The molecule has 0 unspecified atom stereocenters. The van der Waals surface area contributed by atoms with E-state index in [0.29, 0.717) is 0 Å². The molecule has 90 valence electrons. The lowest BCUT2D eigenvalue weighted by Gasteiger charge is -2.09. The number of hydrogen-bond donors (Lipinski definition) is 1. The lowest BCUT2D eigenvalue weighted by molar-refractivity contribution is 0.973. The van der Waals surface area contributed by atoms with Crippen LogP contribution in [0.4, 0.5) is 0 Å². The van der Waals surface area contributed by atoms with Gasteiger partial charge in [0.1, 0.15) is 6.33 Å². The van der Waals surface area contributed by atoms with E-state index in [4.69, 9.17) is 0 Å². The van der Waals surface area contributed by atoms with Crippen molar-refractivity contribution in [3.8, 4) is 0 Å². The average Bonchev–Trinajstić information content (AvgIpc) is 2.91. The number of nitrogens with zero attached hydrogens (tertiary/aromatic N) is 2. The molecular weight excluding hydrogens is 242 g/mol. The highest BCUT2D eigenvalue weighted by Gasteiger charge is 2.06. The van der Waals surface area contributed by atoms with Crippen LogP contribution in [-0.4, -0.2) is 15.2 Å². The first-order chi connectivity index (χ1) is 8.84. The smallest absolute Gasteiger partial charge is 0.183 e. The van der Waals surface area contributed by atoms with E-state index in [-0.39, 0.29) is 0 Å². The number of benzene rings is 2. The number of aromatic amines is 1. The molecule has 3 rings (SSSR count). The minimum atomic E-state index is 0.863. The van der Waals surface area contributed by atoms with Crippen LogP contribution in [0.3, 0.4) is 0 Å². The van der Waals surface area contributed by atoms with Crippen LogP contribution in [-0.2, 0) is 5.75 Å². The van der Waals surface area contributed by atoms with Crippen LogP contribution in [0.15, 0.2) is 47.9 Å². The van der Waals surface area contributed by atoms with E-state index >= 15 is 0 Å². The summed E-state index contributed by atoms with van der Waals surface area (Å²) < 4.78 is 0. The van der Waals surface area contributed by atoms with Gasteiger partial charge in [-0.25, -0.2) is 4.98 Å². The van der Waals surface area contributed by atoms with Crippen molar-refractivity contribution in [3.63, 3.8) is 0 Å². The molecular formula is C14H13N3S. The van der Waals surface area contributed by atoms with Gasteiger partial charge in [-0.3, -0.25) is 5.10 Å². The van der Waals surface area contributed by atoms with Crippen molar-refractivity contribution < 1.29 is 0 Å².